The zero-order valence-electron chi connectivity index (χ0n) is 16.2. The number of nitrogens with zero attached hydrogens (tertiary/aromatic N) is 1. The number of anilines is 1. The second kappa shape index (κ2) is 9.00. The molecule has 1 fully saturated rings. The topological polar surface area (TPSA) is 95.6 Å². The third-order valence-corrected chi connectivity index (χ3v) is 6.63. The molecule has 156 valence electrons. The lowest BCUT2D eigenvalue weighted by Gasteiger charge is -2.18. The zero-order chi connectivity index (χ0) is 21.9. The predicted molar refractivity (Wildman–Crippen MR) is 117 cm³/mol. The lowest BCUT2D eigenvalue weighted by molar-refractivity contribution is -0.116. The molecule has 0 bridgehead atoms. The number of halogens is 1. The monoisotopic (exact) mass is 489 g/mol. The SMILES string of the molecule is C#Cc1cccc(NC(=O)CN(C)C(=O)c2cc(S(=O)(=O)NC3CC3)ccc2Br)c1. The Morgan fingerprint density at radius 2 is 1.97 bits per heavy atom. The van der Waals surface area contributed by atoms with Gasteiger partial charge < -0.3 is 10.2 Å². The van der Waals surface area contributed by atoms with Crippen LogP contribution in [0.15, 0.2) is 51.8 Å². The van der Waals surface area contributed by atoms with E-state index in [-0.39, 0.29) is 23.0 Å². The Labute approximate surface area is 184 Å². The number of sulfonamides is 1. The number of terminal acetylenes is 1. The van der Waals surface area contributed by atoms with Gasteiger partial charge in [-0.15, -0.1) is 6.42 Å². The van der Waals surface area contributed by atoms with Gasteiger partial charge in [-0.2, -0.15) is 0 Å². The van der Waals surface area contributed by atoms with E-state index in [1.807, 2.05) is 0 Å². The van der Waals surface area contributed by atoms with Crippen molar-refractivity contribution in [3.63, 3.8) is 0 Å². The molecule has 1 aliphatic carbocycles. The van der Waals surface area contributed by atoms with Crippen LogP contribution in [0.4, 0.5) is 5.69 Å². The van der Waals surface area contributed by atoms with Crippen molar-refractivity contribution < 1.29 is 18.0 Å². The van der Waals surface area contributed by atoms with E-state index in [0.717, 1.165) is 12.8 Å². The molecule has 2 N–H and O–H groups in total. The first-order valence-corrected chi connectivity index (χ1v) is 11.4. The maximum Gasteiger partial charge on any atom is 0.255 e. The molecule has 0 atom stereocenters. The van der Waals surface area contributed by atoms with E-state index in [9.17, 15) is 18.0 Å². The van der Waals surface area contributed by atoms with E-state index in [2.05, 4.69) is 31.9 Å². The van der Waals surface area contributed by atoms with Gasteiger partial charge in [0.15, 0.2) is 0 Å². The molecule has 7 nitrogen and oxygen atoms in total. The molecule has 2 aromatic rings. The molecular weight excluding hydrogens is 470 g/mol. The van der Waals surface area contributed by atoms with Gasteiger partial charge in [0.25, 0.3) is 5.91 Å². The van der Waals surface area contributed by atoms with Gasteiger partial charge in [0.2, 0.25) is 15.9 Å². The predicted octanol–water partition coefficient (Wildman–Crippen LogP) is 2.58. The largest absolute Gasteiger partial charge is 0.332 e. The van der Waals surface area contributed by atoms with E-state index in [1.165, 1.54) is 30.1 Å². The molecular formula is C21H20BrN3O4S. The first kappa shape index (κ1) is 22.0. The van der Waals surface area contributed by atoms with Crippen LogP contribution >= 0.6 is 15.9 Å². The molecule has 1 saturated carbocycles. The van der Waals surface area contributed by atoms with Gasteiger partial charge in [-0.3, -0.25) is 9.59 Å². The van der Waals surface area contributed by atoms with Crippen molar-refractivity contribution in [3.8, 4) is 12.3 Å². The van der Waals surface area contributed by atoms with Crippen LogP contribution in [-0.4, -0.2) is 44.8 Å². The summed E-state index contributed by atoms with van der Waals surface area (Å²) in [4.78, 5) is 26.4. The fraction of sp³-hybridized carbons (Fsp3) is 0.238. The maximum atomic E-state index is 12.8. The molecule has 0 spiro atoms. The smallest absolute Gasteiger partial charge is 0.255 e. The van der Waals surface area contributed by atoms with Crippen molar-refractivity contribution >= 4 is 43.5 Å². The third kappa shape index (κ3) is 5.48. The van der Waals surface area contributed by atoms with E-state index in [0.29, 0.717) is 15.7 Å². The maximum absolute atomic E-state index is 12.8. The summed E-state index contributed by atoms with van der Waals surface area (Å²) in [6.45, 7) is -0.219. The van der Waals surface area contributed by atoms with Crippen LogP contribution in [0, 0.1) is 12.3 Å². The Hall–Kier alpha value is -2.67. The fourth-order valence-electron chi connectivity index (χ4n) is 2.70. The Kier molecular flexibility index (Phi) is 6.61. The molecule has 3 rings (SSSR count). The number of nitrogens with one attached hydrogen (secondary N) is 2. The van der Waals surface area contributed by atoms with Crippen LogP contribution in [0.1, 0.15) is 28.8 Å². The second-order valence-corrected chi connectivity index (χ2v) is 9.54. The number of carbonyl (C=O) groups excluding carboxylic acids is 2. The van der Waals surface area contributed by atoms with Crippen molar-refractivity contribution in [2.75, 3.05) is 18.9 Å². The quantitative estimate of drug-likeness (QED) is 0.584. The number of benzene rings is 2. The minimum absolute atomic E-state index is 0.00454. The van der Waals surface area contributed by atoms with Crippen LogP contribution in [0.3, 0.4) is 0 Å². The van der Waals surface area contributed by atoms with E-state index >= 15 is 0 Å². The Balaban J connectivity index is 1.71. The minimum atomic E-state index is -3.70. The average molecular weight is 490 g/mol. The molecule has 2 aromatic carbocycles. The Morgan fingerprint density at radius 3 is 2.63 bits per heavy atom. The Bertz CT molecular complexity index is 1140. The highest BCUT2D eigenvalue weighted by atomic mass is 79.9. The number of amides is 2. The van der Waals surface area contributed by atoms with Crippen molar-refractivity contribution in [2.24, 2.45) is 0 Å². The van der Waals surface area contributed by atoms with Gasteiger partial charge in [0.1, 0.15) is 0 Å². The summed E-state index contributed by atoms with van der Waals surface area (Å²) in [5.74, 6) is 1.59. The first-order valence-electron chi connectivity index (χ1n) is 9.13. The lowest BCUT2D eigenvalue weighted by Crippen LogP contribution is -2.35. The molecule has 0 aromatic heterocycles. The molecule has 1 aliphatic rings. The average Bonchev–Trinajstić information content (AvgIpc) is 3.50. The molecule has 0 saturated heterocycles. The number of hydrogen-bond donors (Lipinski definition) is 2. The molecule has 30 heavy (non-hydrogen) atoms. The highest BCUT2D eigenvalue weighted by molar-refractivity contribution is 9.10. The van der Waals surface area contributed by atoms with Gasteiger partial charge in [0.05, 0.1) is 17.0 Å². The van der Waals surface area contributed by atoms with E-state index in [1.54, 1.807) is 24.3 Å². The number of carbonyl (C=O) groups is 2. The standard InChI is InChI=1S/C21H20BrN3O4S/c1-3-14-5-4-6-16(11-14)23-20(26)13-25(2)21(27)18-12-17(9-10-19(18)22)30(28,29)24-15-7-8-15/h1,4-6,9-12,15,24H,7-8,13H2,2H3,(H,23,26). The fourth-order valence-corrected chi connectivity index (χ4v) is 4.45. The summed E-state index contributed by atoms with van der Waals surface area (Å²) in [5, 5.41) is 2.69. The lowest BCUT2D eigenvalue weighted by atomic mass is 10.2. The molecule has 2 amide bonds. The summed E-state index contributed by atoms with van der Waals surface area (Å²) in [5.41, 5.74) is 1.30. The van der Waals surface area contributed by atoms with Gasteiger partial charge in [-0.05, 0) is 65.2 Å². The van der Waals surface area contributed by atoms with Crippen molar-refractivity contribution in [1.82, 2.24) is 9.62 Å². The van der Waals surface area contributed by atoms with Crippen LogP contribution in [0.2, 0.25) is 0 Å². The van der Waals surface area contributed by atoms with Crippen LogP contribution < -0.4 is 10.0 Å². The highest BCUT2D eigenvalue weighted by Crippen LogP contribution is 2.25. The number of rotatable bonds is 7. The van der Waals surface area contributed by atoms with Crippen LogP contribution in [0.5, 0.6) is 0 Å². The third-order valence-electron chi connectivity index (χ3n) is 4.42. The van der Waals surface area contributed by atoms with E-state index < -0.39 is 21.8 Å². The van der Waals surface area contributed by atoms with Crippen LogP contribution in [0.25, 0.3) is 0 Å². The van der Waals surface area contributed by atoms with Gasteiger partial charge in [0, 0.05) is 28.8 Å². The summed E-state index contributed by atoms with van der Waals surface area (Å²) < 4.78 is 27.9. The summed E-state index contributed by atoms with van der Waals surface area (Å²) in [6, 6.07) is 11.0. The normalized spacial score (nSPS) is 13.4. The molecule has 0 heterocycles. The molecule has 0 unspecified atom stereocenters. The minimum Gasteiger partial charge on any atom is -0.332 e. The first-order chi connectivity index (χ1) is 14.2. The summed E-state index contributed by atoms with van der Waals surface area (Å²) in [6.07, 6.45) is 6.97. The second-order valence-electron chi connectivity index (χ2n) is 6.97. The van der Waals surface area contributed by atoms with E-state index in [4.69, 9.17) is 6.42 Å². The molecule has 0 radical (unpaired) electrons. The van der Waals surface area contributed by atoms with Crippen molar-refractivity contribution in [2.45, 2.75) is 23.8 Å². The number of hydrogen-bond acceptors (Lipinski definition) is 4. The summed E-state index contributed by atoms with van der Waals surface area (Å²) >= 11 is 3.28. The van der Waals surface area contributed by atoms with Crippen molar-refractivity contribution in [1.29, 1.82) is 0 Å². The zero-order valence-corrected chi connectivity index (χ0v) is 18.6. The molecule has 0 aliphatic heterocycles. The van der Waals surface area contributed by atoms with Gasteiger partial charge in [-0.1, -0.05) is 12.0 Å². The number of likely N-dealkylation sites (N-methyl/N-ethyl adjacent to an activating group) is 1. The van der Waals surface area contributed by atoms with Gasteiger partial charge >= 0.3 is 0 Å². The Morgan fingerprint density at radius 1 is 1.23 bits per heavy atom. The highest BCUT2D eigenvalue weighted by Gasteiger charge is 2.29. The van der Waals surface area contributed by atoms with Gasteiger partial charge in [-0.25, -0.2) is 13.1 Å². The summed E-state index contributed by atoms with van der Waals surface area (Å²) in [7, 11) is -2.23. The van der Waals surface area contributed by atoms with Crippen LogP contribution in [-0.2, 0) is 14.8 Å². The van der Waals surface area contributed by atoms with Crippen molar-refractivity contribution in [3.05, 3.63) is 58.1 Å². The molecule has 9 heteroatoms.